The number of hydrazone groups is 1. The lowest BCUT2D eigenvalue weighted by molar-refractivity contribution is -0.119. The fourth-order valence-corrected chi connectivity index (χ4v) is 2.24. The van der Waals surface area contributed by atoms with Gasteiger partial charge in [0.15, 0.2) is 11.5 Å². The van der Waals surface area contributed by atoms with Crippen molar-refractivity contribution in [2.45, 2.75) is 13.8 Å². The molecule has 0 aromatic heterocycles. The zero-order chi connectivity index (χ0) is 18.8. The summed E-state index contributed by atoms with van der Waals surface area (Å²) in [6, 6.07) is 12.6. The molecule has 2 aromatic carbocycles. The molecular weight excluding hydrogens is 354 g/mol. The Balaban J connectivity index is 1.87. The molecule has 26 heavy (non-hydrogen) atoms. The van der Waals surface area contributed by atoms with Gasteiger partial charge in [-0.05, 0) is 61.9 Å². The van der Waals surface area contributed by atoms with Crippen molar-refractivity contribution in [3.05, 3.63) is 53.1 Å². The van der Waals surface area contributed by atoms with E-state index in [0.717, 1.165) is 11.3 Å². The smallest absolute Gasteiger partial charge is 0.259 e. The van der Waals surface area contributed by atoms with Crippen molar-refractivity contribution in [1.29, 1.82) is 0 Å². The van der Waals surface area contributed by atoms with Crippen molar-refractivity contribution in [2.75, 3.05) is 25.1 Å². The molecule has 0 fully saturated rings. The summed E-state index contributed by atoms with van der Waals surface area (Å²) in [6.45, 7) is 5.02. The van der Waals surface area contributed by atoms with Crippen molar-refractivity contribution in [3.8, 4) is 11.5 Å². The molecule has 2 aromatic rings. The first kappa shape index (κ1) is 19.6. The van der Waals surface area contributed by atoms with Gasteiger partial charge in [-0.25, -0.2) is 5.43 Å². The quantitative estimate of drug-likeness (QED) is 0.517. The molecule has 0 aliphatic rings. The van der Waals surface area contributed by atoms with Crippen LogP contribution in [-0.4, -0.2) is 31.9 Å². The zero-order valence-corrected chi connectivity index (χ0v) is 15.5. The van der Waals surface area contributed by atoms with Crippen molar-refractivity contribution in [1.82, 2.24) is 5.43 Å². The van der Waals surface area contributed by atoms with Crippen LogP contribution in [0.1, 0.15) is 19.4 Å². The predicted octanol–water partition coefficient (Wildman–Crippen LogP) is 3.70. The summed E-state index contributed by atoms with van der Waals surface area (Å²) in [5.41, 5.74) is 4.08. The third-order valence-electron chi connectivity index (χ3n) is 3.27. The fourth-order valence-electron chi connectivity index (χ4n) is 2.12. The van der Waals surface area contributed by atoms with Crippen molar-refractivity contribution < 1.29 is 14.3 Å². The third-order valence-corrected chi connectivity index (χ3v) is 3.52. The van der Waals surface area contributed by atoms with Gasteiger partial charge in [-0.2, -0.15) is 5.10 Å². The largest absolute Gasteiger partial charge is 0.490 e. The second-order valence-corrected chi connectivity index (χ2v) is 5.66. The lowest BCUT2D eigenvalue weighted by Gasteiger charge is -2.11. The summed E-state index contributed by atoms with van der Waals surface area (Å²) < 4.78 is 11.1. The molecule has 2 N–H and O–H groups in total. The minimum absolute atomic E-state index is 0.104. The van der Waals surface area contributed by atoms with Gasteiger partial charge in [-0.3, -0.25) is 4.79 Å². The lowest BCUT2D eigenvalue weighted by Crippen LogP contribution is -2.25. The number of benzene rings is 2. The van der Waals surface area contributed by atoms with E-state index in [1.807, 2.05) is 32.0 Å². The van der Waals surface area contributed by atoms with E-state index in [1.165, 1.54) is 0 Å². The summed E-state index contributed by atoms with van der Waals surface area (Å²) in [5, 5.41) is 7.59. The molecule has 0 spiro atoms. The van der Waals surface area contributed by atoms with E-state index >= 15 is 0 Å². The average Bonchev–Trinajstić information content (AvgIpc) is 2.64. The Morgan fingerprint density at radius 1 is 1.08 bits per heavy atom. The highest BCUT2D eigenvalue weighted by molar-refractivity contribution is 6.30. The van der Waals surface area contributed by atoms with Crippen molar-refractivity contribution >= 4 is 29.4 Å². The van der Waals surface area contributed by atoms with E-state index < -0.39 is 0 Å². The first-order valence-corrected chi connectivity index (χ1v) is 8.71. The number of carbonyl (C=O) groups is 1. The van der Waals surface area contributed by atoms with Crippen LogP contribution in [0.5, 0.6) is 11.5 Å². The van der Waals surface area contributed by atoms with Gasteiger partial charge in [0, 0.05) is 10.7 Å². The van der Waals surface area contributed by atoms with Gasteiger partial charge in [0.1, 0.15) is 0 Å². The maximum atomic E-state index is 11.8. The van der Waals surface area contributed by atoms with Gasteiger partial charge in [0.05, 0.1) is 26.0 Å². The van der Waals surface area contributed by atoms with Gasteiger partial charge in [0.25, 0.3) is 5.91 Å². The Hall–Kier alpha value is -2.73. The summed E-state index contributed by atoms with van der Waals surface area (Å²) in [6.07, 6.45) is 1.55. The number of amides is 1. The van der Waals surface area contributed by atoms with Crippen LogP contribution < -0.4 is 20.2 Å². The van der Waals surface area contributed by atoms with Crippen LogP contribution >= 0.6 is 11.6 Å². The Labute approximate surface area is 158 Å². The summed E-state index contributed by atoms with van der Waals surface area (Å²) in [5.74, 6) is 1.07. The molecule has 6 nitrogen and oxygen atoms in total. The average molecular weight is 376 g/mol. The maximum Gasteiger partial charge on any atom is 0.259 e. The molecule has 0 atom stereocenters. The number of anilines is 1. The SMILES string of the molecule is CCOc1ccc(/C=N\NC(=O)CNc2ccc(Cl)cc2)cc1OCC. The third kappa shape index (κ3) is 6.29. The van der Waals surface area contributed by atoms with Crippen LogP contribution in [0.3, 0.4) is 0 Å². The first-order valence-electron chi connectivity index (χ1n) is 8.33. The summed E-state index contributed by atoms with van der Waals surface area (Å²) in [7, 11) is 0. The summed E-state index contributed by atoms with van der Waals surface area (Å²) in [4.78, 5) is 11.8. The number of nitrogens with one attached hydrogen (secondary N) is 2. The zero-order valence-electron chi connectivity index (χ0n) is 14.8. The van der Waals surface area contributed by atoms with Crippen LogP contribution in [-0.2, 0) is 4.79 Å². The van der Waals surface area contributed by atoms with Gasteiger partial charge in [-0.1, -0.05) is 11.6 Å². The molecule has 0 saturated carbocycles. The lowest BCUT2D eigenvalue weighted by atomic mass is 10.2. The number of halogens is 1. The van der Waals surface area contributed by atoms with Gasteiger partial charge >= 0.3 is 0 Å². The molecule has 0 unspecified atom stereocenters. The minimum Gasteiger partial charge on any atom is -0.490 e. The van der Waals surface area contributed by atoms with E-state index in [9.17, 15) is 4.79 Å². The number of carbonyl (C=O) groups excluding carboxylic acids is 1. The summed E-state index contributed by atoms with van der Waals surface area (Å²) >= 11 is 5.82. The highest BCUT2D eigenvalue weighted by Gasteiger charge is 2.05. The standard InChI is InChI=1S/C19H22ClN3O3/c1-3-25-17-10-5-14(11-18(17)26-4-2)12-22-23-19(24)13-21-16-8-6-15(20)7-9-16/h5-12,21H,3-4,13H2,1-2H3,(H,23,24)/b22-12-. The molecule has 7 heteroatoms. The van der Waals surface area contributed by atoms with Crippen LogP contribution in [0.25, 0.3) is 0 Å². The molecule has 0 aliphatic carbocycles. The fraction of sp³-hybridized carbons (Fsp3) is 0.263. The van der Waals surface area contributed by atoms with Crippen LogP contribution in [0.15, 0.2) is 47.6 Å². The van der Waals surface area contributed by atoms with E-state index in [4.69, 9.17) is 21.1 Å². The van der Waals surface area contributed by atoms with Crippen LogP contribution in [0.2, 0.25) is 5.02 Å². The number of hydrogen-bond donors (Lipinski definition) is 2. The Morgan fingerprint density at radius 2 is 1.77 bits per heavy atom. The van der Waals surface area contributed by atoms with E-state index in [2.05, 4.69) is 15.8 Å². The minimum atomic E-state index is -0.257. The molecule has 2 rings (SSSR count). The molecule has 0 bridgehead atoms. The van der Waals surface area contributed by atoms with Crippen LogP contribution in [0.4, 0.5) is 5.69 Å². The number of nitrogens with zero attached hydrogens (tertiary/aromatic N) is 1. The van der Waals surface area contributed by atoms with Gasteiger partial charge in [-0.15, -0.1) is 0 Å². The molecule has 0 radical (unpaired) electrons. The van der Waals surface area contributed by atoms with Crippen molar-refractivity contribution in [3.63, 3.8) is 0 Å². The highest BCUT2D eigenvalue weighted by Crippen LogP contribution is 2.27. The van der Waals surface area contributed by atoms with Crippen molar-refractivity contribution in [2.24, 2.45) is 5.10 Å². The monoisotopic (exact) mass is 375 g/mol. The second kappa shape index (κ2) is 10.3. The maximum absolute atomic E-state index is 11.8. The van der Waals surface area contributed by atoms with E-state index in [1.54, 1.807) is 30.5 Å². The van der Waals surface area contributed by atoms with Gasteiger partial charge in [0.2, 0.25) is 0 Å². The van der Waals surface area contributed by atoms with E-state index in [0.29, 0.717) is 29.7 Å². The molecule has 1 amide bonds. The predicted molar refractivity (Wildman–Crippen MR) is 104 cm³/mol. The molecule has 0 saturated heterocycles. The Kier molecular flexibility index (Phi) is 7.76. The Bertz CT molecular complexity index is 748. The molecule has 0 heterocycles. The van der Waals surface area contributed by atoms with E-state index in [-0.39, 0.29) is 12.5 Å². The van der Waals surface area contributed by atoms with Crippen LogP contribution in [0, 0.1) is 0 Å². The highest BCUT2D eigenvalue weighted by atomic mass is 35.5. The van der Waals surface area contributed by atoms with Gasteiger partial charge < -0.3 is 14.8 Å². The number of hydrogen-bond acceptors (Lipinski definition) is 5. The first-order chi connectivity index (χ1) is 12.6. The molecular formula is C19H22ClN3O3. The second-order valence-electron chi connectivity index (χ2n) is 5.23. The Morgan fingerprint density at radius 3 is 2.46 bits per heavy atom. The normalized spacial score (nSPS) is 10.6. The molecule has 0 aliphatic heterocycles. The number of rotatable bonds is 9. The topological polar surface area (TPSA) is 72.0 Å². The number of ether oxygens (including phenoxy) is 2. The molecule has 138 valence electrons.